The molecule has 0 saturated carbocycles. The predicted molar refractivity (Wildman–Crippen MR) is 83.6 cm³/mol. The minimum atomic E-state index is -0.362. The van der Waals surface area contributed by atoms with Crippen LogP contribution in [0.25, 0.3) is 0 Å². The molecule has 3 nitrogen and oxygen atoms in total. The molecular formula is C14H19BrClFN2O. The number of nitrogens with two attached hydrogens (primary N) is 1. The first-order valence-corrected chi connectivity index (χ1v) is 7.28. The summed E-state index contributed by atoms with van der Waals surface area (Å²) in [4.78, 5) is 14.3. The smallest absolute Gasteiger partial charge is 0.254 e. The van der Waals surface area contributed by atoms with E-state index in [1.165, 1.54) is 18.2 Å². The molecule has 2 atom stereocenters. The lowest BCUT2D eigenvalue weighted by Crippen LogP contribution is -2.49. The van der Waals surface area contributed by atoms with E-state index in [2.05, 4.69) is 22.9 Å². The zero-order valence-electron chi connectivity index (χ0n) is 11.3. The van der Waals surface area contributed by atoms with E-state index in [1.54, 1.807) is 0 Å². The highest BCUT2D eigenvalue weighted by molar-refractivity contribution is 9.10. The number of benzene rings is 1. The first-order valence-electron chi connectivity index (χ1n) is 6.49. The van der Waals surface area contributed by atoms with Crippen molar-refractivity contribution in [1.82, 2.24) is 4.90 Å². The van der Waals surface area contributed by atoms with Crippen molar-refractivity contribution in [1.29, 1.82) is 0 Å². The van der Waals surface area contributed by atoms with Crippen LogP contribution < -0.4 is 5.73 Å². The summed E-state index contributed by atoms with van der Waals surface area (Å²) in [7, 11) is 0. The van der Waals surface area contributed by atoms with Crippen LogP contribution in [0.5, 0.6) is 0 Å². The van der Waals surface area contributed by atoms with Crippen LogP contribution in [0.4, 0.5) is 4.39 Å². The number of likely N-dealkylation sites (tertiary alicyclic amines) is 1. The number of rotatable bonds is 2. The lowest BCUT2D eigenvalue weighted by molar-refractivity contribution is 0.0573. The molecule has 0 bridgehead atoms. The van der Waals surface area contributed by atoms with E-state index < -0.39 is 0 Å². The molecule has 112 valence electrons. The molecule has 1 heterocycles. The molecule has 1 aromatic carbocycles. The van der Waals surface area contributed by atoms with Gasteiger partial charge in [-0.3, -0.25) is 4.79 Å². The van der Waals surface area contributed by atoms with Gasteiger partial charge >= 0.3 is 0 Å². The molecule has 6 heteroatoms. The second-order valence-corrected chi connectivity index (χ2v) is 6.00. The molecule has 0 radical (unpaired) electrons. The summed E-state index contributed by atoms with van der Waals surface area (Å²) in [6, 6.07) is 4.44. The van der Waals surface area contributed by atoms with Gasteiger partial charge in [-0.2, -0.15) is 0 Å². The normalized spacial score (nSPS) is 22.3. The van der Waals surface area contributed by atoms with E-state index in [-0.39, 0.29) is 30.2 Å². The van der Waals surface area contributed by atoms with Crippen molar-refractivity contribution in [2.45, 2.75) is 25.8 Å². The SMILES string of the molecule is CC1CCN(C(=O)c2ccc(F)c(Br)c2)C(CN)C1.Cl. The zero-order chi connectivity index (χ0) is 14.0. The number of piperidine rings is 1. The highest BCUT2D eigenvalue weighted by Crippen LogP contribution is 2.25. The second-order valence-electron chi connectivity index (χ2n) is 5.15. The average molecular weight is 366 g/mol. The molecule has 0 spiro atoms. The fourth-order valence-electron chi connectivity index (χ4n) is 2.54. The number of hydrogen-bond donors (Lipinski definition) is 1. The van der Waals surface area contributed by atoms with Gasteiger partial charge in [0.1, 0.15) is 5.82 Å². The molecule has 2 N–H and O–H groups in total. The number of halogens is 3. The van der Waals surface area contributed by atoms with Crippen LogP contribution in [0, 0.1) is 11.7 Å². The average Bonchev–Trinajstić information content (AvgIpc) is 2.41. The molecule has 0 aliphatic carbocycles. The molecular weight excluding hydrogens is 347 g/mol. The van der Waals surface area contributed by atoms with Gasteiger partial charge in [0.2, 0.25) is 0 Å². The quantitative estimate of drug-likeness (QED) is 0.875. The highest BCUT2D eigenvalue weighted by Gasteiger charge is 2.29. The van der Waals surface area contributed by atoms with Crippen LogP contribution in [0.1, 0.15) is 30.1 Å². The summed E-state index contributed by atoms with van der Waals surface area (Å²) >= 11 is 3.11. The second kappa shape index (κ2) is 7.38. The third kappa shape index (κ3) is 3.71. The van der Waals surface area contributed by atoms with E-state index in [9.17, 15) is 9.18 Å². The first kappa shape index (κ1) is 17.4. The summed E-state index contributed by atoms with van der Waals surface area (Å²) in [5, 5.41) is 0. The van der Waals surface area contributed by atoms with Gasteiger partial charge in [-0.05, 0) is 52.9 Å². The Kier molecular flexibility index (Phi) is 6.43. The van der Waals surface area contributed by atoms with Gasteiger partial charge in [0.05, 0.1) is 4.47 Å². The Morgan fingerprint density at radius 2 is 2.25 bits per heavy atom. The largest absolute Gasteiger partial charge is 0.334 e. The van der Waals surface area contributed by atoms with Crippen molar-refractivity contribution in [3.8, 4) is 0 Å². The molecule has 20 heavy (non-hydrogen) atoms. The molecule has 1 aliphatic heterocycles. The number of hydrogen-bond acceptors (Lipinski definition) is 2. The topological polar surface area (TPSA) is 46.3 Å². The predicted octanol–water partition coefficient (Wildman–Crippen LogP) is 3.21. The van der Waals surface area contributed by atoms with Gasteiger partial charge in [-0.15, -0.1) is 12.4 Å². The number of carbonyl (C=O) groups excluding carboxylic acids is 1. The Balaban J connectivity index is 0.00000200. The van der Waals surface area contributed by atoms with Gasteiger partial charge in [0.25, 0.3) is 5.91 Å². The molecule has 0 aromatic heterocycles. The Morgan fingerprint density at radius 1 is 1.55 bits per heavy atom. The Morgan fingerprint density at radius 3 is 2.85 bits per heavy atom. The monoisotopic (exact) mass is 364 g/mol. The summed E-state index contributed by atoms with van der Waals surface area (Å²) in [6.45, 7) is 3.37. The van der Waals surface area contributed by atoms with Gasteiger partial charge in [-0.25, -0.2) is 4.39 Å². The fourth-order valence-corrected chi connectivity index (χ4v) is 2.92. The summed E-state index contributed by atoms with van der Waals surface area (Å²) in [6.07, 6.45) is 1.93. The van der Waals surface area contributed by atoms with Crippen LogP contribution in [-0.2, 0) is 0 Å². The van der Waals surface area contributed by atoms with Crippen molar-refractivity contribution in [3.63, 3.8) is 0 Å². The van der Waals surface area contributed by atoms with Gasteiger partial charge in [-0.1, -0.05) is 6.92 Å². The van der Waals surface area contributed by atoms with E-state index in [0.717, 1.165) is 19.4 Å². The van der Waals surface area contributed by atoms with Gasteiger partial charge in [0, 0.05) is 24.7 Å². The van der Waals surface area contributed by atoms with Gasteiger partial charge in [0.15, 0.2) is 0 Å². The maximum absolute atomic E-state index is 13.2. The van der Waals surface area contributed by atoms with Gasteiger partial charge < -0.3 is 10.6 Å². The molecule has 1 aromatic rings. The van der Waals surface area contributed by atoms with Crippen molar-refractivity contribution in [2.75, 3.05) is 13.1 Å². The molecule has 1 fully saturated rings. The lowest BCUT2D eigenvalue weighted by Gasteiger charge is -2.38. The van der Waals surface area contributed by atoms with E-state index in [4.69, 9.17) is 5.73 Å². The van der Waals surface area contributed by atoms with E-state index in [0.29, 0.717) is 22.5 Å². The lowest BCUT2D eigenvalue weighted by atomic mass is 9.92. The first-order chi connectivity index (χ1) is 9.02. The van der Waals surface area contributed by atoms with Crippen molar-refractivity contribution in [2.24, 2.45) is 11.7 Å². The summed E-state index contributed by atoms with van der Waals surface area (Å²) in [5.41, 5.74) is 6.26. The van der Waals surface area contributed by atoms with Crippen LogP contribution in [0.3, 0.4) is 0 Å². The third-order valence-electron chi connectivity index (χ3n) is 3.68. The molecule has 1 saturated heterocycles. The fraction of sp³-hybridized carbons (Fsp3) is 0.500. The van der Waals surface area contributed by atoms with Crippen molar-refractivity contribution in [3.05, 3.63) is 34.1 Å². The summed E-state index contributed by atoms with van der Waals surface area (Å²) in [5.74, 6) is 0.166. The van der Waals surface area contributed by atoms with Crippen molar-refractivity contribution < 1.29 is 9.18 Å². The van der Waals surface area contributed by atoms with Crippen LogP contribution >= 0.6 is 28.3 Å². The Bertz CT molecular complexity index is 486. The maximum Gasteiger partial charge on any atom is 0.254 e. The number of amides is 1. The molecule has 1 aliphatic rings. The third-order valence-corrected chi connectivity index (χ3v) is 4.29. The summed E-state index contributed by atoms with van der Waals surface area (Å²) < 4.78 is 13.5. The Hall–Kier alpha value is -0.650. The van der Waals surface area contributed by atoms with Crippen LogP contribution in [0.15, 0.2) is 22.7 Å². The molecule has 2 unspecified atom stereocenters. The number of nitrogens with zero attached hydrogens (tertiary/aromatic N) is 1. The maximum atomic E-state index is 13.2. The van der Waals surface area contributed by atoms with Crippen LogP contribution in [0.2, 0.25) is 0 Å². The minimum absolute atomic E-state index is 0. The Labute approximate surface area is 133 Å². The van der Waals surface area contributed by atoms with E-state index in [1.807, 2.05) is 4.90 Å². The highest BCUT2D eigenvalue weighted by atomic mass is 79.9. The molecule has 2 rings (SSSR count). The van der Waals surface area contributed by atoms with E-state index >= 15 is 0 Å². The van der Waals surface area contributed by atoms with Crippen molar-refractivity contribution >= 4 is 34.2 Å². The minimum Gasteiger partial charge on any atom is -0.334 e. The van der Waals surface area contributed by atoms with Crippen LogP contribution in [-0.4, -0.2) is 29.9 Å². The number of carbonyl (C=O) groups is 1. The molecule has 1 amide bonds. The zero-order valence-corrected chi connectivity index (χ0v) is 13.7. The standard InChI is InChI=1S/C14H18BrFN2O.ClH/c1-9-4-5-18(11(6-9)8-17)14(19)10-2-3-13(16)12(15)7-10;/h2-3,7,9,11H,4-6,8,17H2,1H3;1H.